The van der Waals surface area contributed by atoms with Crippen LogP contribution in [-0.2, 0) is 12.8 Å². The maximum Gasteiger partial charge on any atom is 0.407 e. The first-order valence-electron chi connectivity index (χ1n) is 7.60. The normalized spacial score (nSPS) is 18.4. The molecule has 1 atom stereocenters. The van der Waals surface area contributed by atoms with Gasteiger partial charge in [0.1, 0.15) is 6.04 Å². The number of aromatic nitrogens is 2. The minimum atomic E-state index is -0.922. The van der Waals surface area contributed by atoms with E-state index in [4.69, 9.17) is 4.52 Å². The zero-order valence-electron chi connectivity index (χ0n) is 12.3. The average Bonchev–Trinajstić information content (AvgIpc) is 3.03. The zero-order chi connectivity index (χ0) is 15.4. The van der Waals surface area contributed by atoms with Crippen LogP contribution in [0.4, 0.5) is 4.79 Å². The number of hydrogen-bond acceptors (Lipinski definition) is 4. The lowest BCUT2D eigenvalue weighted by atomic mass is 10.0. The number of benzene rings is 1. The largest absolute Gasteiger partial charge is 0.465 e. The van der Waals surface area contributed by atoms with Crippen molar-refractivity contribution >= 4 is 6.09 Å². The van der Waals surface area contributed by atoms with Crippen LogP contribution in [0.1, 0.15) is 42.6 Å². The van der Waals surface area contributed by atoms with Crippen molar-refractivity contribution in [3.63, 3.8) is 0 Å². The second kappa shape index (κ2) is 6.60. The quantitative estimate of drug-likeness (QED) is 0.938. The fourth-order valence-electron chi connectivity index (χ4n) is 2.82. The van der Waals surface area contributed by atoms with E-state index in [1.54, 1.807) is 0 Å². The molecule has 6 heteroatoms. The molecule has 1 fully saturated rings. The van der Waals surface area contributed by atoms with E-state index in [1.165, 1.54) is 10.5 Å². The van der Waals surface area contributed by atoms with Gasteiger partial charge in [0.05, 0.1) is 0 Å². The third-order valence-electron chi connectivity index (χ3n) is 4.00. The van der Waals surface area contributed by atoms with Gasteiger partial charge in [-0.25, -0.2) is 4.79 Å². The number of likely N-dealkylation sites (tertiary alicyclic amines) is 1. The molecule has 0 saturated carbocycles. The first-order valence-corrected chi connectivity index (χ1v) is 7.60. The minimum Gasteiger partial charge on any atom is -0.465 e. The molecule has 2 aromatic rings. The van der Waals surface area contributed by atoms with E-state index >= 15 is 0 Å². The summed E-state index contributed by atoms with van der Waals surface area (Å²) in [7, 11) is 0. The van der Waals surface area contributed by atoms with E-state index in [1.807, 2.05) is 18.2 Å². The molecule has 116 valence electrons. The Labute approximate surface area is 128 Å². The molecule has 1 amide bonds. The molecule has 0 aliphatic carbocycles. The molecule has 1 aliphatic heterocycles. The SMILES string of the molecule is O=C(O)N1CCCC[C@H]1c1nc(CCc2ccccc2)no1. The Kier molecular flexibility index (Phi) is 4.37. The lowest BCUT2D eigenvalue weighted by Crippen LogP contribution is -2.37. The number of hydrogen-bond donors (Lipinski definition) is 1. The fraction of sp³-hybridized carbons (Fsp3) is 0.438. The van der Waals surface area contributed by atoms with Gasteiger partial charge in [0.25, 0.3) is 0 Å². The van der Waals surface area contributed by atoms with Crippen LogP contribution in [0.3, 0.4) is 0 Å². The van der Waals surface area contributed by atoms with Gasteiger partial charge in [-0.15, -0.1) is 0 Å². The molecule has 1 N–H and O–H groups in total. The summed E-state index contributed by atoms with van der Waals surface area (Å²) in [4.78, 5) is 17.1. The number of carbonyl (C=O) groups is 1. The van der Waals surface area contributed by atoms with Crippen LogP contribution in [0.25, 0.3) is 0 Å². The smallest absolute Gasteiger partial charge is 0.407 e. The highest BCUT2D eigenvalue weighted by Crippen LogP contribution is 2.29. The lowest BCUT2D eigenvalue weighted by Gasteiger charge is -2.30. The van der Waals surface area contributed by atoms with Gasteiger partial charge in [0.15, 0.2) is 5.82 Å². The van der Waals surface area contributed by atoms with Crippen LogP contribution >= 0.6 is 0 Å². The van der Waals surface area contributed by atoms with Crippen molar-refractivity contribution in [2.45, 2.75) is 38.1 Å². The molecule has 22 heavy (non-hydrogen) atoms. The molecule has 0 bridgehead atoms. The predicted molar refractivity (Wildman–Crippen MR) is 79.5 cm³/mol. The van der Waals surface area contributed by atoms with Gasteiger partial charge in [-0.2, -0.15) is 4.98 Å². The molecular formula is C16H19N3O3. The van der Waals surface area contributed by atoms with Crippen molar-refractivity contribution in [1.82, 2.24) is 15.0 Å². The van der Waals surface area contributed by atoms with Crippen molar-refractivity contribution in [2.24, 2.45) is 0 Å². The number of amides is 1. The highest BCUT2D eigenvalue weighted by molar-refractivity contribution is 5.65. The van der Waals surface area contributed by atoms with E-state index in [-0.39, 0.29) is 6.04 Å². The van der Waals surface area contributed by atoms with Crippen LogP contribution in [0, 0.1) is 0 Å². The summed E-state index contributed by atoms with van der Waals surface area (Å²) in [6.45, 7) is 0.529. The Balaban J connectivity index is 1.66. The number of piperidine rings is 1. The number of carboxylic acid groups (broad SMARTS) is 1. The molecule has 1 saturated heterocycles. The summed E-state index contributed by atoms with van der Waals surface area (Å²) in [5.74, 6) is 1.06. The fourth-order valence-corrected chi connectivity index (χ4v) is 2.82. The van der Waals surface area contributed by atoms with Crippen LogP contribution < -0.4 is 0 Å². The van der Waals surface area contributed by atoms with Gasteiger partial charge in [-0.05, 0) is 31.2 Å². The van der Waals surface area contributed by atoms with Crippen molar-refractivity contribution in [1.29, 1.82) is 0 Å². The summed E-state index contributed by atoms with van der Waals surface area (Å²) >= 11 is 0. The molecule has 2 heterocycles. The predicted octanol–water partition coefficient (Wildman–Crippen LogP) is 3.06. The highest BCUT2D eigenvalue weighted by Gasteiger charge is 2.31. The van der Waals surface area contributed by atoms with E-state index in [9.17, 15) is 9.90 Å². The number of rotatable bonds is 4. The summed E-state index contributed by atoms with van der Waals surface area (Å²) < 4.78 is 5.31. The van der Waals surface area contributed by atoms with Gasteiger partial charge in [0.2, 0.25) is 5.89 Å². The van der Waals surface area contributed by atoms with E-state index in [2.05, 4.69) is 22.3 Å². The summed E-state index contributed by atoms with van der Waals surface area (Å²) in [6.07, 6.45) is 3.22. The van der Waals surface area contributed by atoms with Crippen molar-refractivity contribution < 1.29 is 14.4 Å². The van der Waals surface area contributed by atoms with E-state index < -0.39 is 6.09 Å². The molecule has 6 nitrogen and oxygen atoms in total. The van der Waals surface area contributed by atoms with Crippen LogP contribution in [0.15, 0.2) is 34.9 Å². The molecule has 1 aromatic heterocycles. The Bertz CT molecular complexity index is 627. The second-order valence-corrected chi connectivity index (χ2v) is 5.52. The molecule has 0 radical (unpaired) electrons. The Morgan fingerprint density at radius 3 is 2.86 bits per heavy atom. The standard InChI is InChI=1S/C16H19N3O3/c20-16(21)19-11-5-4-8-13(19)15-17-14(18-22-15)10-9-12-6-2-1-3-7-12/h1-3,6-7,13H,4-5,8-11H2,(H,20,21)/t13-/m0/s1. The summed E-state index contributed by atoms with van der Waals surface area (Å²) in [5, 5.41) is 13.3. The first-order chi connectivity index (χ1) is 10.7. The lowest BCUT2D eigenvalue weighted by molar-refractivity contribution is 0.0932. The van der Waals surface area contributed by atoms with Gasteiger partial charge in [-0.3, -0.25) is 4.90 Å². The highest BCUT2D eigenvalue weighted by atomic mass is 16.5. The third kappa shape index (κ3) is 3.27. The Morgan fingerprint density at radius 2 is 2.09 bits per heavy atom. The Morgan fingerprint density at radius 1 is 1.27 bits per heavy atom. The van der Waals surface area contributed by atoms with Crippen molar-refractivity contribution in [3.8, 4) is 0 Å². The molecule has 3 rings (SSSR count). The topological polar surface area (TPSA) is 79.5 Å². The van der Waals surface area contributed by atoms with Crippen LogP contribution in [0.2, 0.25) is 0 Å². The van der Waals surface area contributed by atoms with Crippen LogP contribution in [-0.4, -0.2) is 32.8 Å². The van der Waals surface area contributed by atoms with Gasteiger partial charge >= 0.3 is 6.09 Å². The van der Waals surface area contributed by atoms with Gasteiger partial charge < -0.3 is 9.63 Å². The number of aryl methyl sites for hydroxylation is 2. The molecule has 1 aliphatic rings. The maximum absolute atomic E-state index is 11.3. The zero-order valence-corrected chi connectivity index (χ0v) is 12.3. The van der Waals surface area contributed by atoms with Gasteiger partial charge in [0, 0.05) is 13.0 Å². The number of nitrogens with zero attached hydrogens (tertiary/aromatic N) is 3. The second-order valence-electron chi connectivity index (χ2n) is 5.52. The first kappa shape index (κ1) is 14.6. The molecule has 0 spiro atoms. The molecule has 0 unspecified atom stereocenters. The molecular weight excluding hydrogens is 282 g/mol. The van der Waals surface area contributed by atoms with Crippen molar-refractivity contribution in [3.05, 3.63) is 47.6 Å². The monoisotopic (exact) mass is 301 g/mol. The Hall–Kier alpha value is -2.37. The summed E-state index contributed by atoms with van der Waals surface area (Å²) in [5.41, 5.74) is 1.22. The van der Waals surface area contributed by atoms with E-state index in [0.717, 1.165) is 25.7 Å². The average molecular weight is 301 g/mol. The third-order valence-corrected chi connectivity index (χ3v) is 4.00. The maximum atomic E-state index is 11.3. The summed E-state index contributed by atoms with van der Waals surface area (Å²) in [6, 6.07) is 9.82. The molecule has 1 aromatic carbocycles. The minimum absolute atomic E-state index is 0.302. The van der Waals surface area contributed by atoms with Crippen molar-refractivity contribution in [2.75, 3.05) is 6.54 Å². The van der Waals surface area contributed by atoms with E-state index in [0.29, 0.717) is 24.7 Å². The van der Waals surface area contributed by atoms with Crippen LogP contribution in [0.5, 0.6) is 0 Å². The van der Waals surface area contributed by atoms with Gasteiger partial charge in [-0.1, -0.05) is 35.5 Å².